The topological polar surface area (TPSA) is 84.9 Å². The number of carbonyl (C=O) groups excluding carboxylic acids is 3. The van der Waals surface area contributed by atoms with Crippen LogP contribution in [0.3, 0.4) is 0 Å². The summed E-state index contributed by atoms with van der Waals surface area (Å²) in [6, 6.07) is 8.84. The first-order valence-corrected chi connectivity index (χ1v) is 6.75. The molecule has 0 aromatic heterocycles. The van der Waals surface area contributed by atoms with Crippen molar-refractivity contribution in [1.82, 2.24) is 10.2 Å². The fraction of sp³-hybridized carbons (Fsp3) is 0.400. The van der Waals surface area contributed by atoms with Crippen LogP contribution in [0.25, 0.3) is 0 Å². The number of esters is 1. The van der Waals surface area contributed by atoms with E-state index in [0.29, 0.717) is 5.75 Å². The summed E-state index contributed by atoms with van der Waals surface area (Å²) >= 11 is 0. The zero-order valence-electron chi connectivity index (χ0n) is 12.9. The molecule has 7 heteroatoms. The lowest BCUT2D eigenvalue weighted by molar-refractivity contribution is -0.157. The third-order valence-corrected chi connectivity index (χ3v) is 2.64. The molecule has 0 aliphatic heterocycles. The van der Waals surface area contributed by atoms with Crippen LogP contribution in [-0.4, -0.2) is 56.0 Å². The van der Waals surface area contributed by atoms with Crippen molar-refractivity contribution in [1.29, 1.82) is 0 Å². The Labute approximate surface area is 129 Å². The van der Waals surface area contributed by atoms with Crippen LogP contribution in [0.1, 0.15) is 6.92 Å². The van der Waals surface area contributed by atoms with E-state index in [1.807, 2.05) is 6.07 Å². The molecule has 1 atom stereocenters. The van der Waals surface area contributed by atoms with E-state index in [0.717, 1.165) is 0 Å². The maximum atomic E-state index is 11.5. The van der Waals surface area contributed by atoms with Gasteiger partial charge in [0.05, 0.1) is 0 Å². The Morgan fingerprint density at radius 3 is 2.41 bits per heavy atom. The van der Waals surface area contributed by atoms with Gasteiger partial charge in [-0.2, -0.15) is 0 Å². The zero-order valence-corrected chi connectivity index (χ0v) is 12.9. The van der Waals surface area contributed by atoms with E-state index in [1.54, 1.807) is 38.4 Å². The lowest BCUT2D eigenvalue weighted by Crippen LogP contribution is -2.39. The van der Waals surface area contributed by atoms with Gasteiger partial charge in [0.1, 0.15) is 12.3 Å². The smallest absolute Gasteiger partial charge is 0.326 e. The highest BCUT2D eigenvalue weighted by molar-refractivity contribution is 5.86. The first-order chi connectivity index (χ1) is 10.4. The van der Waals surface area contributed by atoms with E-state index in [1.165, 1.54) is 11.8 Å². The summed E-state index contributed by atoms with van der Waals surface area (Å²) in [5.74, 6) is -0.902. The molecule has 0 bridgehead atoms. The molecular weight excluding hydrogens is 288 g/mol. The van der Waals surface area contributed by atoms with E-state index in [9.17, 15) is 14.4 Å². The van der Waals surface area contributed by atoms with Crippen LogP contribution in [0, 0.1) is 0 Å². The number of hydrogen-bond acceptors (Lipinski definition) is 5. The minimum absolute atomic E-state index is 0.205. The van der Waals surface area contributed by atoms with Crippen molar-refractivity contribution >= 4 is 17.8 Å². The fourth-order valence-electron chi connectivity index (χ4n) is 1.54. The molecule has 0 saturated carbocycles. The number of rotatable bonds is 7. The zero-order chi connectivity index (χ0) is 16.5. The molecule has 0 aliphatic carbocycles. The van der Waals surface area contributed by atoms with Crippen LogP contribution in [0.2, 0.25) is 0 Å². The molecule has 0 unspecified atom stereocenters. The number of para-hydroxylation sites is 1. The van der Waals surface area contributed by atoms with Crippen LogP contribution in [0.15, 0.2) is 30.3 Å². The minimum atomic E-state index is -0.889. The third kappa shape index (κ3) is 6.25. The Bertz CT molecular complexity index is 516. The maximum absolute atomic E-state index is 11.5. The third-order valence-electron chi connectivity index (χ3n) is 2.64. The summed E-state index contributed by atoms with van der Waals surface area (Å²) in [5, 5.41) is 2.36. The lowest BCUT2D eigenvalue weighted by atomic mass is 10.3. The van der Waals surface area contributed by atoms with Gasteiger partial charge in [-0.3, -0.25) is 14.4 Å². The summed E-state index contributed by atoms with van der Waals surface area (Å²) in [4.78, 5) is 35.9. The predicted molar refractivity (Wildman–Crippen MR) is 79.2 cm³/mol. The number of hydrogen-bond donors (Lipinski definition) is 1. The molecule has 0 saturated heterocycles. The van der Waals surface area contributed by atoms with Gasteiger partial charge in [-0.05, 0) is 19.1 Å². The second-order valence-electron chi connectivity index (χ2n) is 4.74. The minimum Gasteiger partial charge on any atom is -0.484 e. The molecule has 120 valence electrons. The average Bonchev–Trinajstić information content (AvgIpc) is 2.50. The summed E-state index contributed by atoms with van der Waals surface area (Å²) in [6.45, 7) is 0.950. The van der Waals surface area contributed by atoms with E-state index >= 15 is 0 Å². The standard InChI is InChI=1S/C15H20N2O5/c1-11(15(20)17(2)3)22-14(19)9-16-13(18)10-21-12-7-5-4-6-8-12/h4-8,11H,9-10H2,1-3H3,(H,16,18)/t11-/m0/s1. The monoisotopic (exact) mass is 308 g/mol. The highest BCUT2D eigenvalue weighted by atomic mass is 16.5. The number of amides is 2. The molecule has 0 spiro atoms. The van der Waals surface area contributed by atoms with Crippen LogP contribution < -0.4 is 10.1 Å². The van der Waals surface area contributed by atoms with Gasteiger partial charge in [0.15, 0.2) is 12.7 Å². The molecule has 0 heterocycles. The Morgan fingerprint density at radius 2 is 1.82 bits per heavy atom. The van der Waals surface area contributed by atoms with Crippen molar-refractivity contribution in [2.45, 2.75) is 13.0 Å². The molecule has 1 aromatic carbocycles. The van der Waals surface area contributed by atoms with E-state index in [-0.39, 0.29) is 19.1 Å². The molecule has 7 nitrogen and oxygen atoms in total. The predicted octanol–water partition coefficient (Wildman–Crippen LogP) is 0.201. The van der Waals surface area contributed by atoms with E-state index in [4.69, 9.17) is 9.47 Å². The molecule has 0 fully saturated rings. The fourth-order valence-corrected chi connectivity index (χ4v) is 1.54. The Morgan fingerprint density at radius 1 is 1.18 bits per heavy atom. The molecule has 1 aromatic rings. The van der Waals surface area contributed by atoms with Gasteiger partial charge in [-0.25, -0.2) is 0 Å². The molecule has 1 N–H and O–H groups in total. The number of ether oxygens (including phenoxy) is 2. The number of nitrogens with one attached hydrogen (secondary N) is 1. The second kappa shape index (κ2) is 8.66. The van der Waals surface area contributed by atoms with E-state index < -0.39 is 18.0 Å². The molecule has 2 amide bonds. The first kappa shape index (κ1) is 17.5. The summed E-state index contributed by atoms with van der Waals surface area (Å²) in [7, 11) is 3.13. The van der Waals surface area contributed by atoms with Crippen molar-refractivity contribution < 1.29 is 23.9 Å². The van der Waals surface area contributed by atoms with Crippen molar-refractivity contribution in [2.75, 3.05) is 27.2 Å². The van der Waals surface area contributed by atoms with Crippen molar-refractivity contribution in [2.24, 2.45) is 0 Å². The number of benzene rings is 1. The molecule has 0 aliphatic rings. The first-order valence-electron chi connectivity index (χ1n) is 6.75. The molecule has 1 rings (SSSR count). The van der Waals surface area contributed by atoms with Gasteiger partial charge in [-0.1, -0.05) is 18.2 Å². The van der Waals surface area contributed by atoms with Gasteiger partial charge >= 0.3 is 5.97 Å². The normalized spacial score (nSPS) is 11.2. The van der Waals surface area contributed by atoms with Gasteiger partial charge in [0.2, 0.25) is 0 Å². The summed E-state index contributed by atoms with van der Waals surface area (Å²) < 4.78 is 10.1. The maximum Gasteiger partial charge on any atom is 0.326 e. The largest absolute Gasteiger partial charge is 0.484 e. The number of likely N-dealkylation sites (N-methyl/N-ethyl adjacent to an activating group) is 1. The second-order valence-corrected chi connectivity index (χ2v) is 4.74. The molecule has 0 radical (unpaired) electrons. The van der Waals surface area contributed by atoms with E-state index in [2.05, 4.69) is 5.32 Å². The van der Waals surface area contributed by atoms with Gasteiger partial charge in [-0.15, -0.1) is 0 Å². The van der Waals surface area contributed by atoms with Crippen LogP contribution in [0.5, 0.6) is 5.75 Å². The number of carbonyl (C=O) groups is 3. The molecule has 22 heavy (non-hydrogen) atoms. The van der Waals surface area contributed by atoms with Crippen molar-refractivity contribution in [3.63, 3.8) is 0 Å². The SMILES string of the molecule is C[C@H](OC(=O)CNC(=O)COc1ccccc1)C(=O)N(C)C. The van der Waals surface area contributed by atoms with Gasteiger partial charge < -0.3 is 19.7 Å². The highest BCUT2D eigenvalue weighted by Crippen LogP contribution is 2.07. The van der Waals surface area contributed by atoms with Crippen LogP contribution >= 0.6 is 0 Å². The summed E-state index contributed by atoms with van der Waals surface area (Å²) in [6.07, 6.45) is -0.889. The average molecular weight is 308 g/mol. The van der Waals surface area contributed by atoms with Crippen molar-refractivity contribution in [3.8, 4) is 5.75 Å². The Kier molecular flexibility index (Phi) is 6.88. The van der Waals surface area contributed by atoms with Crippen molar-refractivity contribution in [3.05, 3.63) is 30.3 Å². The summed E-state index contributed by atoms with van der Waals surface area (Å²) in [5.41, 5.74) is 0. The molecular formula is C15H20N2O5. The van der Waals surface area contributed by atoms with Crippen LogP contribution in [0.4, 0.5) is 0 Å². The Balaban J connectivity index is 2.26. The number of nitrogens with zero attached hydrogens (tertiary/aromatic N) is 1. The Hall–Kier alpha value is -2.57. The highest BCUT2D eigenvalue weighted by Gasteiger charge is 2.19. The van der Waals surface area contributed by atoms with Gasteiger partial charge in [0, 0.05) is 14.1 Å². The van der Waals surface area contributed by atoms with Gasteiger partial charge in [0.25, 0.3) is 11.8 Å². The lowest BCUT2D eigenvalue weighted by Gasteiger charge is -2.17. The van der Waals surface area contributed by atoms with Crippen LogP contribution in [-0.2, 0) is 19.1 Å². The quantitative estimate of drug-likeness (QED) is 0.727.